The average molecular weight is 276 g/mol. The fourth-order valence-electron chi connectivity index (χ4n) is 2.73. The fourth-order valence-corrected chi connectivity index (χ4v) is 2.73. The van der Waals surface area contributed by atoms with E-state index in [9.17, 15) is 9.59 Å². The Kier molecular flexibility index (Phi) is 3.10. The van der Waals surface area contributed by atoms with E-state index in [1.165, 1.54) is 12.1 Å². The SMILES string of the molecule is CC1OCCC1Cn1c(=O)[nH]c2cc(C(=O)O)ccc21. The van der Waals surface area contributed by atoms with Crippen molar-refractivity contribution in [2.75, 3.05) is 6.61 Å². The van der Waals surface area contributed by atoms with Crippen molar-refractivity contribution in [1.82, 2.24) is 9.55 Å². The van der Waals surface area contributed by atoms with E-state index < -0.39 is 5.97 Å². The van der Waals surface area contributed by atoms with Crippen LogP contribution in [0.3, 0.4) is 0 Å². The van der Waals surface area contributed by atoms with Gasteiger partial charge in [-0.15, -0.1) is 0 Å². The summed E-state index contributed by atoms with van der Waals surface area (Å²) >= 11 is 0. The van der Waals surface area contributed by atoms with E-state index in [1.807, 2.05) is 6.92 Å². The molecule has 6 heteroatoms. The number of H-pyrrole nitrogens is 1. The van der Waals surface area contributed by atoms with Crippen molar-refractivity contribution in [3.63, 3.8) is 0 Å². The maximum absolute atomic E-state index is 12.0. The zero-order valence-electron chi connectivity index (χ0n) is 11.1. The van der Waals surface area contributed by atoms with Gasteiger partial charge in [0, 0.05) is 19.1 Å². The lowest BCUT2D eigenvalue weighted by molar-refractivity contribution is 0.0697. The van der Waals surface area contributed by atoms with Gasteiger partial charge in [-0.2, -0.15) is 0 Å². The van der Waals surface area contributed by atoms with Gasteiger partial charge in [-0.3, -0.25) is 4.57 Å². The molecular formula is C14H16N2O4. The highest BCUT2D eigenvalue weighted by Crippen LogP contribution is 2.23. The molecule has 0 saturated carbocycles. The molecular weight excluding hydrogens is 260 g/mol. The van der Waals surface area contributed by atoms with Crippen LogP contribution >= 0.6 is 0 Å². The number of fused-ring (bicyclic) bond motifs is 1. The maximum Gasteiger partial charge on any atom is 0.335 e. The molecule has 2 N–H and O–H groups in total. The maximum atomic E-state index is 12.0. The molecule has 1 aliphatic heterocycles. The number of nitrogens with one attached hydrogen (secondary N) is 1. The van der Waals surface area contributed by atoms with Crippen LogP contribution in [0.1, 0.15) is 23.7 Å². The Balaban J connectivity index is 2.00. The van der Waals surface area contributed by atoms with Crippen LogP contribution in [-0.4, -0.2) is 33.3 Å². The van der Waals surface area contributed by atoms with Crippen LogP contribution in [0.15, 0.2) is 23.0 Å². The Labute approximate surface area is 115 Å². The molecule has 1 aromatic heterocycles. The van der Waals surface area contributed by atoms with E-state index in [4.69, 9.17) is 9.84 Å². The Morgan fingerprint density at radius 1 is 1.55 bits per heavy atom. The number of benzene rings is 1. The number of carbonyl (C=O) groups is 1. The highest BCUT2D eigenvalue weighted by Gasteiger charge is 2.25. The molecule has 1 aliphatic rings. The summed E-state index contributed by atoms with van der Waals surface area (Å²) in [4.78, 5) is 25.7. The normalized spacial score (nSPS) is 22.4. The second-order valence-electron chi connectivity index (χ2n) is 5.20. The molecule has 1 aromatic carbocycles. The number of aromatic amines is 1. The molecule has 0 aliphatic carbocycles. The van der Waals surface area contributed by atoms with Crippen molar-refractivity contribution < 1.29 is 14.6 Å². The van der Waals surface area contributed by atoms with Crippen molar-refractivity contribution in [2.45, 2.75) is 26.0 Å². The van der Waals surface area contributed by atoms with Crippen LogP contribution in [0, 0.1) is 5.92 Å². The molecule has 2 unspecified atom stereocenters. The Bertz CT molecular complexity index is 716. The third-order valence-electron chi connectivity index (χ3n) is 3.97. The van der Waals surface area contributed by atoms with Crippen molar-refractivity contribution in [3.05, 3.63) is 34.2 Å². The lowest BCUT2D eigenvalue weighted by Gasteiger charge is -2.14. The van der Waals surface area contributed by atoms with Crippen molar-refractivity contribution in [2.24, 2.45) is 5.92 Å². The third kappa shape index (κ3) is 2.12. The number of aromatic carboxylic acids is 1. The van der Waals surface area contributed by atoms with E-state index in [1.54, 1.807) is 10.6 Å². The van der Waals surface area contributed by atoms with Crippen LogP contribution in [0.2, 0.25) is 0 Å². The summed E-state index contributed by atoms with van der Waals surface area (Å²) in [7, 11) is 0. The summed E-state index contributed by atoms with van der Waals surface area (Å²) < 4.78 is 7.18. The summed E-state index contributed by atoms with van der Waals surface area (Å²) in [6.45, 7) is 3.33. The van der Waals surface area contributed by atoms with Crippen LogP contribution in [0.4, 0.5) is 0 Å². The first-order valence-corrected chi connectivity index (χ1v) is 6.63. The van der Waals surface area contributed by atoms with E-state index in [0.717, 1.165) is 18.5 Å². The Morgan fingerprint density at radius 3 is 3.00 bits per heavy atom. The monoisotopic (exact) mass is 276 g/mol. The van der Waals surface area contributed by atoms with Crippen molar-refractivity contribution >= 4 is 17.0 Å². The van der Waals surface area contributed by atoms with Gasteiger partial charge in [0.25, 0.3) is 0 Å². The van der Waals surface area contributed by atoms with Crippen molar-refractivity contribution in [1.29, 1.82) is 0 Å². The molecule has 20 heavy (non-hydrogen) atoms. The van der Waals surface area contributed by atoms with Crippen LogP contribution in [-0.2, 0) is 11.3 Å². The molecule has 2 atom stereocenters. The van der Waals surface area contributed by atoms with Gasteiger partial charge in [0.1, 0.15) is 0 Å². The average Bonchev–Trinajstić information content (AvgIpc) is 2.94. The highest BCUT2D eigenvalue weighted by atomic mass is 16.5. The second kappa shape index (κ2) is 4.79. The molecule has 0 spiro atoms. The van der Waals surface area contributed by atoms with Gasteiger partial charge in [-0.1, -0.05) is 0 Å². The first kappa shape index (κ1) is 12.9. The van der Waals surface area contributed by atoms with Crippen molar-refractivity contribution in [3.8, 4) is 0 Å². The molecule has 1 saturated heterocycles. The predicted octanol–water partition coefficient (Wildman–Crippen LogP) is 1.45. The largest absolute Gasteiger partial charge is 0.478 e. The highest BCUT2D eigenvalue weighted by molar-refractivity contribution is 5.92. The molecule has 0 amide bonds. The summed E-state index contributed by atoms with van der Waals surface area (Å²) in [6.07, 6.45) is 1.08. The minimum atomic E-state index is -1.00. The van der Waals surface area contributed by atoms with E-state index in [2.05, 4.69) is 4.98 Å². The minimum absolute atomic E-state index is 0.144. The molecule has 0 bridgehead atoms. The first-order chi connectivity index (χ1) is 9.56. The number of carboxylic acids is 1. The smallest absolute Gasteiger partial charge is 0.335 e. The number of hydrogen-bond donors (Lipinski definition) is 2. The van der Waals surface area contributed by atoms with Crippen LogP contribution in [0.25, 0.3) is 11.0 Å². The second-order valence-corrected chi connectivity index (χ2v) is 5.20. The zero-order valence-corrected chi connectivity index (χ0v) is 11.1. The molecule has 2 heterocycles. The quantitative estimate of drug-likeness (QED) is 0.888. The van der Waals surface area contributed by atoms with Crippen LogP contribution < -0.4 is 5.69 Å². The summed E-state index contributed by atoms with van der Waals surface area (Å²) in [6, 6.07) is 4.68. The molecule has 2 aromatic rings. The number of ether oxygens (including phenoxy) is 1. The number of aromatic nitrogens is 2. The Hall–Kier alpha value is -2.08. The van der Waals surface area contributed by atoms with Gasteiger partial charge in [-0.05, 0) is 31.5 Å². The van der Waals surface area contributed by atoms with Gasteiger partial charge in [-0.25, -0.2) is 9.59 Å². The lowest BCUT2D eigenvalue weighted by Crippen LogP contribution is -2.25. The number of carboxylic acid groups (broad SMARTS) is 1. The zero-order chi connectivity index (χ0) is 14.3. The van der Waals surface area contributed by atoms with Gasteiger partial charge >= 0.3 is 11.7 Å². The number of imidazole rings is 1. The van der Waals surface area contributed by atoms with Gasteiger partial charge in [0.2, 0.25) is 0 Å². The van der Waals surface area contributed by atoms with Gasteiger partial charge < -0.3 is 14.8 Å². The lowest BCUT2D eigenvalue weighted by atomic mass is 10.0. The summed E-state index contributed by atoms with van der Waals surface area (Å²) in [5.74, 6) is -0.691. The van der Waals surface area contributed by atoms with Gasteiger partial charge in [0.15, 0.2) is 0 Å². The number of rotatable bonds is 3. The van der Waals surface area contributed by atoms with E-state index >= 15 is 0 Å². The standard InChI is InChI=1S/C14H16N2O4/c1-8-10(4-5-20-8)7-16-12-3-2-9(13(17)18)6-11(12)15-14(16)19/h2-3,6,8,10H,4-5,7H2,1H3,(H,15,19)(H,17,18). The molecule has 1 fully saturated rings. The minimum Gasteiger partial charge on any atom is -0.478 e. The first-order valence-electron chi connectivity index (χ1n) is 6.63. The molecule has 106 valence electrons. The predicted molar refractivity (Wildman–Crippen MR) is 73.0 cm³/mol. The molecule has 0 radical (unpaired) electrons. The number of nitrogens with zero attached hydrogens (tertiary/aromatic N) is 1. The van der Waals surface area contributed by atoms with Crippen LogP contribution in [0.5, 0.6) is 0 Å². The summed E-state index contributed by atoms with van der Waals surface area (Å²) in [5, 5.41) is 8.97. The van der Waals surface area contributed by atoms with E-state index in [-0.39, 0.29) is 17.4 Å². The molecule has 6 nitrogen and oxygen atoms in total. The fraction of sp³-hybridized carbons (Fsp3) is 0.429. The third-order valence-corrected chi connectivity index (χ3v) is 3.97. The Morgan fingerprint density at radius 2 is 2.35 bits per heavy atom. The number of hydrogen-bond acceptors (Lipinski definition) is 3. The molecule has 3 rings (SSSR count). The summed E-state index contributed by atoms with van der Waals surface area (Å²) in [5.41, 5.74) is 1.26. The van der Waals surface area contributed by atoms with E-state index in [0.29, 0.717) is 18.0 Å². The topological polar surface area (TPSA) is 84.3 Å². The van der Waals surface area contributed by atoms with Gasteiger partial charge in [0.05, 0.1) is 22.7 Å².